The van der Waals surface area contributed by atoms with E-state index in [1.807, 2.05) is 0 Å². The molecule has 3 rings (SSSR count). The number of benzene rings is 1. The molecule has 0 atom stereocenters. The van der Waals surface area contributed by atoms with Crippen molar-refractivity contribution in [2.45, 2.75) is 0 Å². The van der Waals surface area contributed by atoms with Crippen molar-refractivity contribution < 1.29 is 14.3 Å². The highest BCUT2D eigenvalue weighted by Gasteiger charge is 2.12. The lowest BCUT2D eigenvalue weighted by Gasteiger charge is -2.04. The van der Waals surface area contributed by atoms with Gasteiger partial charge in [-0.05, 0) is 36.4 Å². The van der Waals surface area contributed by atoms with Gasteiger partial charge in [0.15, 0.2) is 0 Å². The molecule has 2 heterocycles. The maximum atomic E-state index is 12.2. The summed E-state index contributed by atoms with van der Waals surface area (Å²) in [6.07, 6.45) is 3.27. The van der Waals surface area contributed by atoms with Crippen molar-refractivity contribution >= 4 is 34.8 Å². The highest BCUT2D eigenvalue weighted by molar-refractivity contribution is 6.30. The number of nitrogens with zero attached hydrogens (tertiary/aromatic N) is 2. The van der Waals surface area contributed by atoms with Crippen molar-refractivity contribution in [1.82, 2.24) is 9.38 Å². The molecule has 2 aromatic heterocycles. The molecule has 0 spiro atoms. The number of hydrogen-bond acceptors (Lipinski definition) is 4. The second-order valence-corrected chi connectivity index (χ2v) is 5.20. The number of carbonyl (C=O) groups excluding carboxylic acids is 2. The third-order valence-corrected chi connectivity index (χ3v) is 3.44. The number of nitrogens with one attached hydrogen (secondary N) is 1. The Kier molecular flexibility index (Phi) is 3.99. The number of amides is 1. The summed E-state index contributed by atoms with van der Waals surface area (Å²) in [5, 5.41) is 3.27. The summed E-state index contributed by atoms with van der Waals surface area (Å²) in [5.41, 5.74) is 1.86. The number of carbonyl (C=O) groups is 2. The number of fused-ring (bicyclic) bond motifs is 1. The number of hydrogen-bond donors (Lipinski definition) is 1. The highest BCUT2D eigenvalue weighted by Crippen LogP contribution is 2.14. The monoisotopic (exact) mass is 329 g/mol. The van der Waals surface area contributed by atoms with Crippen molar-refractivity contribution in [2.75, 3.05) is 12.4 Å². The van der Waals surface area contributed by atoms with Crippen LogP contribution in [0.4, 0.5) is 5.69 Å². The Morgan fingerprint density at radius 2 is 1.87 bits per heavy atom. The summed E-state index contributed by atoms with van der Waals surface area (Å²) in [6, 6.07) is 9.82. The van der Waals surface area contributed by atoms with Crippen LogP contribution in [0.25, 0.3) is 5.65 Å². The maximum Gasteiger partial charge on any atom is 0.337 e. The van der Waals surface area contributed by atoms with Crippen LogP contribution >= 0.6 is 11.6 Å². The Labute approximate surface area is 136 Å². The summed E-state index contributed by atoms with van der Waals surface area (Å²) in [5.74, 6) is -0.782. The quantitative estimate of drug-likeness (QED) is 0.750. The van der Waals surface area contributed by atoms with E-state index < -0.39 is 5.97 Å². The van der Waals surface area contributed by atoms with Crippen LogP contribution in [-0.4, -0.2) is 28.4 Å². The number of methoxy groups -OCH3 is 1. The Balaban J connectivity index is 1.78. The lowest BCUT2D eigenvalue weighted by molar-refractivity contribution is 0.0600. The van der Waals surface area contributed by atoms with E-state index in [0.29, 0.717) is 21.9 Å². The summed E-state index contributed by atoms with van der Waals surface area (Å²) in [7, 11) is 1.31. The predicted molar refractivity (Wildman–Crippen MR) is 85.9 cm³/mol. The Bertz CT molecular complexity index is 887. The van der Waals surface area contributed by atoms with Gasteiger partial charge in [0.1, 0.15) is 11.3 Å². The molecule has 0 unspecified atom stereocenters. The molecule has 0 fully saturated rings. The average molecular weight is 330 g/mol. The molecule has 0 bridgehead atoms. The van der Waals surface area contributed by atoms with E-state index in [9.17, 15) is 9.59 Å². The van der Waals surface area contributed by atoms with E-state index in [0.717, 1.165) is 0 Å². The molecule has 0 saturated carbocycles. The van der Waals surface area contributed by atoms with Crippen LogP contribution in [0.5, 0.6) is 0 Å². The molecular weight excluding hydrogens is 318 g/mol. The largest absolute Gasteiger partial charge is 0.465 e. The lowest BCUT2D eigenvalue weighted by atomic mass is 10.2. The molecule has 0 saturated heterocycles. The molecule has 1 N–H and O–H groups in total. The van der Waals surface area contributed by atoms with Gasteiger partial charge in [-0.2, -0.15) is 0 Å². The van der Waals surface area contributed by atoms with Crippen molar-refractivity contribution in [3.8, 4) is 0 Å². The van der Waals surface area contributed by atoms with Gasteiger partial charge < -0.3 is 14.5 Å². The number of imidazole rings is 1. The normalized spacial score (nSPS) is 10.5. The van der Waals surface area contributed by atoms with Gasteiger partial charge in [0, 0.05) is 18.1 Å². The van der Waals surface area contributed by atoms with Gasteiger partial charge in [-0.3, -0.25) is 4.79 Å². The first-order valence-corrected chi connectivity index (χ1v) is 7.08. The third-order valence-electron chi connectivity index (χ3n) is 3.21. The van der Waals surface area contributed by atoms with Crippen molar-refractivity contribution in [1.29, 1.82) is 0 Å². The van der Waals surface area contributed by atoms with Crippen LogP contribution in [0.3, 0.4) is 0 Å². The zero-order valence-corrected chi connectivity index (χ0v) is 12.9. The first kappa shape index (κ1) is 15.1. The van der Waals surface area contributed by atoms with Crippen molar-refractivity contribution in [3.05, 3.63) is 65.1 Å². The van der Waals surface area contributed by atoms with Crippen molar-refractivity contribution in [2.24, 2.45) is 0 Å². The Hall–Kier alpha value is -2.86. The van der Waals surface area contributed by atoms with Gasteiger partial charge in [-0.15, -0.1) is 0 Å². The first-order chi connectivity index (χ1) is 11.1. The zero-order chi connectivity index (χ0) is 16.4. The Morgan fingerprint density at radius 1 is 1.13 bits per heavy atom. The smallest absolute Gasteiger partial charge is 0.337 e. The number of esters is 1. The molecule has 7 heteroatoms. The van der Waals surface area contributed by atoms with Crippen LogP contribution in [0, 0.1) is 0 Å². The SMILES string of the molecule is COC(=O)c1ccc(NC(=O)c2cn3cc(Cl)ccc3n2)cc1. The molecular formula is C16H12ClN3O3. The van der Waals surface area contributed by atoms with Crippen molar-refractivity contribution in [3.63, 3.8) is 0 Å². The average Bonchev–Trinajstić information content (AvgIpc) is 2.98. The molecule has 0 aliphatic rings. The predicted octanol–water partition coefficient (Wildman–Crippen LogP) is 3.03. The number of rotatable bonds is 3. The van der Waals surface area contributed by atoms with Crippen LogP contribution in [0.2, 0.25) is 5.02 Å². The number of halogens is 1. The van der Waals surface area contributed by atoms with Gasteiger partial charge >= 0.3 is 5.97 Å². The second-order valence-electron chi connectivity index (χ2n) is 4.76. The van der Waals surface area contributed by atoms with Crippen LogP contribution in [0.15, 0.2) is 48.8 Å². The molecule has 1 amide bonds. The number of aromatic nitrogens is 2. The number of ether oxygens (including phenoxy) is 1. The van der Waals surface area contributed by atoms with E-state index in [1.54, 1.807) is 53.2 Å². The molecule has 6 nitrogen and oxygen atoms in total. The summed E-state index contributed by atoms with van der Waals surface area (Å²) >= 11 is 5.90. The minimum Gasteiger partial charge on any atom is -0.465 e. The zero-order valence-electron chi connectivity index (χ0n) is 12.1. The molecule has 0 aliphatic carbocycles. The fraction of sp³-hybridized carbons (Fsp3) is 0.0625. The van der Waals surface area contributed by atoms with E-state index in [4.69, 9.17) is 11.6 Å². The molecule has 116 valence electrons. The fourth-order valence-electron chi connectivity index (χ4n) is 2.08. The second kappa shape index (κ2) is 6.10. The highest BCUT2D eigenvalue weighted by atomic mass is 35.5. The van der Waals surface area contributed by atoms with E-state index in [2.05, 4.69) is 15.0 Å². The standard InChI is InChI=1S/C16H12ClN3O3/c1-23-16(22)10-2-5-12(6-3-10)18-15(21)13-9-20-8-11(17)4-7-14(20)19-13/h2-9H,1H3,(H,18,21). The molecule has 0 aliphatic heterocycles. The van der Waals surface area contributed by atoms with Gasteiger partial charge in [0.05, 0.1) is 17.7 Å². The third kappa shape index (κ3) is 3.17. The maximum absolute atomic E-state index is 12.2. The number of pyridine rings is 1. The van der Waals surface area contributed by atoms with Crippen LogP contribution < -0.4 is 5.32 Å². The summed E-state index contributed by atoms with van der Waals surface area (Å²) in [4.78, 5) is 27.8. The summed E-state index contributed by atoms with van der Waals surface area (Å²) < 4.78 is 6.30. The molecule has 1 aromatic carbocycles. The van der Waals surface area contributed by atoms with E-state index in [1.165, 1.54) is 7.11 Å². The van der Waals surface area contributed by atoms with E-state index >= 15 is 0 Å². The Morgan fingerprint density at radius 3 is 2.57 bits per heavy atom. The van der Waals surface area contributed by atoms with Gasteiger partial charge in [-0.25, -0.2) is 9.78 Å². The van der Waals surface area contributed by atoms with Gasteiger partial charge in [0.25, 0.3) is 5.91 Å². The summed E-state index contributed by atoms with van der Waals surface area (Å²) in [6.45, 7) is 0. The van der Waals surface area contributed by atoms with Gasteiger partial charge in [0.2, 0.25) is 0 Å². The molecule has 23 heavy (non-hydrogen) atoms. The lowest BCUT2D eigenvalue weighted by Crippen LogP contribution is -2.12. The van der Waals surface area contributed by atoms with Gasteiger partial charge in [-0.1, -0.05) is 11.6 Å². The molecule has 0 radical (unpaired) electrons. The van der Waals surface area contributed by atoms with Crippen LogP contribution in [-0.2, 0) is 4.74 Å². The minimum atomic E-state index is -0.430. The first-order valence-electron chi connectivity index (χ1n) is 6.71. The topological polar surface area (TPSA) is 72.7 Å². The number of anilines is 1. The van der Waals surface area contributed by atoms with E-state index in [-0.39, 0.29) is 11.6 Å². The van der Waals surface area contributed by atoms with Crippen LogP contribution in [0.1, 0.15) is 20.8 Å². The minimum absolute atomic E-state index is 0.268. The fourth-order valence-corrected chi connectivity index (χ4v) is 2.24. The molecule has 3 aromatic rings.